The molecule has 0 aliphatic carbocycles. The summed E-state index contributed by atoms with van der Waals surface area (Å²) in [5.74, 6) is 0.541. The Bertz CT molecular complexity index is 688. The molecule has 110 valence electrons. The zero-order valence-electron chi connectivity index (χ0n) is 11.7. The van der Waals surface area contributed by atoms with Crippen molar-refractivity contribution in [1.29, 1.82) is 0 Å². The van der Waals surface area contributed by atoms with E-state index in [9.17, 15) is 4.39 Å². The van der Waals surface area contributed by atoms with Crippen LogP contribution in [0.15, 0.2) is 40.9 Å². The molecule has 21 heavy (non-hydrogen) atoms. The van der Waals surface area contributed by atoms with E-state index in [4.69, 9.17) is 22.7 Å². The van der Waals surface area contributed by atoms with Crippen LogP contribution in [0.5, 0.6) is 11.5 Å². The van der Waals surface area contributed by atoms with Gasteiger partial charge in [-0.1, -0.05) is 44.3 Å². The molecule has 0 aliphatic heterocycles. The maximum Gasteiger partial charge on any atom is 0.180 e. The van der Waals surface area contributed by atoms with Gasteiger partial charge in [0.1, 0.15) is 10.7 Å². The van der Waals surface area contributed by atoms with E-state index < -0.39 is 5.82 Å². The maximum atomic E-state index is 14.4. The van der Waals surface area contributed by atoms with Crippen molar-refractivity contribution in [1.82, 2.24) is 0 Å². The molecule has 0 amide bonds. The molecule has 0 bridgehead atoms. The number of hydrogen-bond acceptors (Lipinski definition) is 2. The number of nitrogens with two attached hydrogens (primary N) is 1. The molecule has 0 heterocycles. The highest BCUT2D eigenvalue weighted by molar-refractivity contribution is 9.10. The van der Waals surface area contributed by atoms with Crippen LogP contribution in [0.2, 0.25) is 0 Å². The Morgan fingerprint density at radius 3 is 2.48 bits per heavy atom. The van der Waals surface area contributed by atoms with E-state index in [1.165, 1.54) is 6.07 Å². The van der Waals surface area contributed by atoms with Crippen LogP contribution in [0.4, 0.5) is 4.39 Å². The van der Waals surface area contributed by atoms with Crippen LogP contribution in [-0.2, 0) is 0 Å². The largest absolute Gasteiger partial charge is 0.454 e. The highest BCUT2D eigenvalue weighted by Gasteiger charge is 2.16. The molecular weight excluding hydrogens is 353 g/mol. The Hall–Kier alpha value is -1.46. The van der Waals surface area contributed by atoms with Crippen LogP contribution >= 0.6 is 28.1 Å². The second kappa shape index (κ2) is 6.54. The van der Waals surface area contributed by atoms with E-state index in [-0.39, 0.29) is 21.1 Å². The molecule has 0 atom stereocenters. The minimum atomic E-state index is -0.515. The van der Waals surface area contributed by atoms with E-state index in [2.05, 4.69) is 29.8 Å². The van der Waals surface area contributed by atoms with Crippen molar-refractivity contribution in [3.63, 3.8) is 0 Å². The second-order valence-electron chi connectivity index (χ2n) is 4.90. The second-order valence-corrected chi connectivity index (χ2v) is 6.13. The van der Waals surface area contributed by atoms with Gasteiger partial charge in [0.25, 0.3) is 0 Å². The average Bonchev–Trinajstić information content (AvgIpc) is 2.44. The normalized spacial score (nSPS) is 10.7. The van der Waals surface area contributed by atoms with Crippen molar-refractivity contribution in [2.24, 2.45) is 5.73 Å². The molecule has 0 saturated heterocycles. The van der Waals surface area contributed by atoms with Crippen LogP contribution in [0.1, 0.15) is 30.9 Å². The molecule has 2 rings (SSSR count). The number of para-hydroxylation sites is 1. The SMILES string of the molecule is CC(C)c1ccccc1Oc1ccc(C(N)=S)c(Br)c1F. The van der Waals surface area contributed by atoms with Gasteiger partial charge >= 0.3 is 0 Å². The molecule has 0 unspecified atom stereocenters. The number of thiocarbonyl (C=S) groups is 1. The lowest BCUT2D eigenvalue weighted by Gasteiger charge is -2.15. The fourth-order valence-corrected chi connectivity index (χ4v) is 2.81. The molecule has 0 radical (unpaired) electrons. The smallest absolute Gasteiger partial charge is 0.180 e. The number of halogens is 2. The van der Waals surface area contributed by atoms with E-state index in [1.54, 1.807) is 6.07 Å². The van der Waals surface area contributed by atoms with Crippen molar-refractivity contribution >= 4 is 33.1 Å². The first-order chi connectivity index (χ1) is 9.91. The standard InChI is InChI=1S/C16H15BrFNOS/c1-9(2)10-5-3-4-6-12(10)20-13-8-7-11(16(19)21)14(17)15(13)18/h3-9H,1-2H3,(H2,19,21). The molecule has 0 aromatic heterocycles. The van der Waals surface area contributed by atoms with Crippen LogP contribution in [0.3, 0.4) is 0 Å². The van der Waals surface area contributed by atoms with E-state index >= 15 is 0 Å². The van der Waals surface area contributed by atoms with Gasteiger partial charge in [-0.15, -0.1) is 0 Å². The molecule has 2 nitrogen and oxygen atoms in total. The predicted molar refractivity (Wildman–Crippen MR) is 90.6 cm³/mol. The predicted octanol–water partition coefficient (Wildman–Crippen LogP) is 5.14. The van der Waals surface area contributed by atoms with Gasteiger partial charge in [0.15, 0.2) is 11.6 Å². The van der Waals surface area contributed by atoms with E-state index in [1.807, 2.05) is 24.3 Å². The molecule has 0 aliphatic rings. The first-order valence-electron chi connectivity index (χ1n) is 6.46. The Labute approximate surface area is 137 Å². The Kier molecular flexibility index (Phi) is 4.96. The van der Waals surface area contributed by atoms with Crippen LogP contribution in [-0.4, -0.2) is 4.99 Å². The molecular formula is C16H15BrFNOS. The minimum absolute atomic E-state index is 0.134. The molecule has 0 fully saturated rings. The number of benzene rings is 2. The first kappa shape index (κ1) is 15.9. The van der Waals surface area contributed by atoms with Gasteiger partial charge in [0.05, 0.1) is 4.47 Å². The van der Waals surface area contributed by atoms with Gasteiger partial charge in [0, 0.05) is 5.56 Å². The van der Waals surface area contributed by atoms with Gasteiger partial charge in [-0.25, -0.2) is 4.39 Å². The summed E-state index contributed by atoms with van der Waals surface area (Å²) in [5.41, 5.74) is 7.01. The van der Waals surface area contributed by atoms with E-state index in [0.717, 1.165) is 5.56 Å². The molecule has 2 aromatic rings. The van der Waals surface area contributed by atoms with Gasteiger partial charge in [0.2, 0.25) is 0 Å². The van der Waals surface area contributed by atoms with Crippen molar-refractivity contribution < 1.29 is 9.13 Å². The zero-order valence-corrected chi connectivity index (χ0v) is 14.1. The average molecular weight is 368 g/mol. The third kappa shape index (κ3) is 3.41. The van der Waals surface area contributed by atoms with Gasteiger partial charge in [-0.3, -0.25) is 0 Å². The van der Waals surface area contributed by atoms with Crippen molar-refractivity contribution in [3.8, 4) is 11.5 Å². The summed E-state index contributed by atoms with van der Waals surface area (Å²) < 4.78 is 20.3. The van der Waals surface area contributed by atoms with Crippen molar-refractivity contribution in [2.75, 3.05) is 0 Å². The minimum Gasteiger partial charge on any atom is -0.454 e. The van der Waals surface area contributed by atoms with E-state index in [0.29, 0.717) is 11.3 Å². The molecule has 0 saturated carbocycles. The summed E-state index contributed by atoms with van der Waals surface area (Å²) >= 11 is 8.05. The fraction of sp³-hybridized carbons (Fsp3) is 0.188. The van der Waals surface area contributed by atoms with Gasteiger partial charge < -0.3 is 10.5 Å². The lowest BCUT2D eigenvalue weighted by Crippen LogP contribution is -2.11. The molecule has 2 aromatic carbocycles. The highest BCUT2D eigenvalue weighted by Crippen LogP contribution is 2.35. The Morgan fingerprint density at radius 2 is 1.86 bits per heavy atom. The summed E-state index contributed by atoms with van der Waals surface area (Å²) in [6.45, 7) is 4.12. The van der Waals surface area contributed by atoms with Crippen molar-refractivity contribution in [3.05, 3.63) is 57.8 Å². The van der Waals surface area contributed by atoms with Crippen LogP contribution < -0.4 is 10.5 Å². The Balaban J connectivity index is 2.42. The number of ether oxygens (including phenoxy) is 1. The molecule has 2 N–H and O–H groups in total. The highest BCUT2D eigenvalue weighted by atomic mass is 79.9. The number of rotatable bonds is 4. The van der Waals surface area contributed by atoms with Gasteiger partial charge in [-0.2, -0.15) is 0 Å². The topological polar surface area (TPSA) is 35.2 Å². The molecule has 0 spiro atoms. The summed E-state index contributed by atoms with van der Waals surface area (Å²) in [7, 11) is 0. The first-order valence-corrected chi connectivity index (χ1v) is 7.66. The summed E-state index contributed by atoms with van der Waals surface area (Å²) in [5, 5.41) is 0. The van der Waals surface area contributed by atoms with Crippen LogP contribution in [0, 0.1) is 5.82 Å². The molecule has 5 heteroatoms. The van der Waals surface area contributed by atoms with Crippen molar-refractivity contribution in [2.45, 2.75) is 19.8 Å². The third-order valence-corrected chi connectivity index (χ3v) is 4.07. The summed E-state index contributed by atoms with van der Waals surface area (Å²) in [6.07, 6.45) is 0. The van der Waals surface area contributed by atoms with Gasteiger partial charge in [-0.05, 0) is 45.6 Å². The summed E-state index contributed by atoms with van der Waals surface area (Å²) in [4.78, 5) is 0.134. The lowest BCUT2D eigenvalue weighted by atomic mass is 10.0. The fourth-order valence-electron chi connectivity index (χ4n) is 1.97. The lowest BCUT2D eigenvalue weighted by molar-refractivity contribution is 0.434. The summed E-state index contributed by atoms with van der Waals surface area (Å²) in [6, 6.07) is 10.8. The quantitative estimate of drug-likeness (QED) is 0.759. The third-order valence-electron chi connectivity index (χ3n) is 3.07. The maximum absolute atomic E-state index is 14.4. The van der Waals surface area contributed by atoms with Crippen LogP contribution in [0.25, 0.3) is 0 Å². The monoisotopic (exact) mass is 367 g/mol. The Morgan fingerprint density at radius 1 is 1.19 bits per heavy atom. The zero-order chi connectivity index (χ0) is 15.6. The number of hydrogen-bond donors (Lipinski definition) is 1.